The Kier molecular flexibility index (Phi) is 9.70. The first-order chi connectivity index (χ1) is 13.7. The van der Waals surface area contributed by atoms with Crippen molar-refractivity contribution in [2.75, 3.05) is 13.6 Å². The predicted octanol–water partition coefficient (Wildman–Crippen LogP) is 4.16. The first-order valence-electron chi connectivity index (χ1n) is 9.78. The minimum absolute atomic E-state index is 0. The first-order valence-corrected chi connectivity index (χ1v) is 9.78. The molecule has 2 N–H and O–H groups in total. The maximum Gasteiger partial charge on any atom is 0.191 e. The van der Waals surface area contributed by atoms with Crippen molar-refractivity contribution in [1.29, 1.82) is 0 Å². The number of halogens is 1. The number of nitrogens with zero attached hydrogens (tertiary/aromatic N) is 3. The van der Waals surface area contributed by atoms with Gasteiger partial charge in [-0.2, -0.15) is 0 Å². The number of benzene rings is 2. The number of hydrogen-bond donors (Lipinski definition) is 2. The zero-order valence-electron chi connectivity index (χ0n) is 17.1. The number of hydrogen-bond acceptors (Lipinski definition) is 2. The summed E-state index contributed by atoms with van der Waals surface area (Å²) in [4.78, 5) is 8.61. The highest BCUT2D eigenvalue weighted by molar-refractivity contribution is 14.0. The van der Waals surface area contributed by atoms with E-state index in [1.165, 1.54) is 16.7 Å². The molecular weight excluding hydrogens is 473 g/mol. The molecule has 0 fully saturated rings. The third-order valence-corrected chi connectivity index (χ3v) is 4.73. The highest BCUT2D eigenvalue weighted by atomic mass is 127. The van der Waals surface area contributed by atoms with Gasteiger partial charge in [-0.3, -0.25) is 4.99 Å². The molecule has 0 aliphatic rings. The largest absolute Gasteiger partial charge is 0.356 e. The third kappa shape index (κ3) is 7.53. The highest BCUT2D eigenvalue weighted by Crippen LogP contribution is 2.09. The molecule has 0 bridgehead atoms. The van der Waals surface area contributed by atoms with Crippen LogP contribution in [-0.2, 0) is 19.5 Å². The Labute approximate surface area is 190 Å². The second kappa shape index (κ2) is 12.3. The molecule has 29 heavy (non-hydrogen) atoms. The van der Waals surface area contributed by atoms with Crippen LogP contribution < -0.4 is 10.6 Å². The van der Waals surface area contributed by atoms with Gasteiger partial charge >= 0.3 is 0 Å². The van der Waals surface area contributed by atoms with Crippen LogP contribution in [-0.4, -0.2) is 29.1 Å². The van der Waals surface area contributed by atoms with Crippen molar-refractivity contribution in [3.63, 3.8) is 0 Å². The molecule has 2 aromatic carbocycles. The lowest BCUT2D eigenvalue weighted by Crippen LogP contribution is -2.37. The molecule has 154 valence electrons. The van der Waals surface area contributed by atoms with Gasteiger partial charge in [-0.15, -0.1) is 24.0 Å². The van der Waals surface area contributed by atoms with E-state index in [0.717, 1.165) is 44.3 Å². The number of guanidine groups is 1. The van der Waals surface area contributed by atoms with E-state index >= 15 is 0 Å². The van der Waals surface area contributed by atoms with Gasteiger partial charge in [0.2, 0.25) is 0 Å². The number of nitrogens with one attached hydrogen (secondary N) is 2. The quantitative estimate of drug-likeness (QED) is 0.210. The molecule has 0 saturated carbocycles. The van der Waals surface area contributed by atoms with E-state index in [9.17, 15) is 0 Å². The fourth-order valence-electron chi connectivity index (χ4n) is 3.16. The minimum atomic E-state index is 0. The Bertz CT molecular complexity index is 889. The average molecular weight is 503 g/mol. The van der Waals surface area contributed by atoms with Crippen molar-refractivity contribution in [2.45, 2.75) is 32.9 Å². The molecule has 3 rings (SSSR count). The van der Waals surface area contributed by atoms with E-state index in [-0.39, 0.29) is 24.0 Å². The fraction of sp³-hybridized carbons (Fsp3) is 0.304. The monoisotopic (exact) mass is 503 g/mol. The SMILES string of the molecule is CN=C(NCCCc1ccccc1)NCc1cccc(Cn2ccnc2C)c1.I. The van der Waals surface area contributed by atoms with Crippen molar-refractivity contribution < 1.29 is 0 Å². The van der Waals surface area contributed by atoms with Crippen molar-refractivity contribution in [2.24, 2.45) is 4.99 Å². The van der Waals surface area contributed by atoms with Gasteiger partial charge < -0.3 is 15.2 Å². The second-order valence-electron chi connectivity index (χ2n) is 6.86. The first kappa shape index (κ1) is 22.9. The maximum atomic E-state index is 4.32. The zero-order valence-corrected chi connectivity index (χ0v) is 19.5. The smallest absolute Gasteiger partial charge is 0.191 e. The lowest BCUT2D eigenvalue weighted by molar-refractivity contribution is 0.739. The standard InChI is InChI=1S/C23H29N5.HI/c1-19-25-14-15-28(19)18-22-11-6-10-21(16-22)17-27-23(24-2)26-13-7-12-20-8-4-3-5-9-20;/h3-6,8-11,14-16H,7,12-13,17-18H2,1-2H3,(H2,24,26,27);1H. The summed E-state index contributed by atoms with van der Waals surface area (Å²) in [5.74, 6) is 1.87. The van der Waals surface area contributed by atoms with Gasteiger partial charge in [-0.05, 0) is 36.5 Å². The van der Waals surface area contributed by atoms with Crippen LogP contribution in [0, 0.1) is 6.92 Å². The summed E-state index contributed by atoms with van der Waals surface area (Å²) < 4.78 is 2.15. The van der Waals surface area contributed by atoms with Crippen molar-refractivity contribution >= 4 is 29.9 Å². The number of rotatable bonds is 8. The van der Waals surface area contributed by atoms with Gasteiger partial charge in [-0.25, -0.2) is 4.98 Å². The van der Waals surface area contributed by atoms with Crippen LogP contribution in [0.1, 0.15) is 28.9 Å². The lowest BCUT2D eigenvalue weighted by atomic mass is 10.1. The summed E-state index contributed by atoms with van der Waals surface area (Å²) in [7, 11) is 1.81. The Morgan fingerprint density at radius 1 is 1.00 bits per heavy atom. The number of aliphatic imine (C=N–C) groups is 1. The predicted molar refractivity (Wildman–Crippen MR) is 131 cm³/mol. The van der Waals surface area contributed by atoms with Gasteiger partial charge in [0.05, 0.1) is 0 Å². The zero-order chi connectivity index (χ0) is 19.6. The van der Waals surface area contributed by atoms with Crippen LogP contribution in [0.15, 0.2) is 72.0 Å². The summed E-state index contributed by atoms with van der Waals surface area (Å²) in [5, 5.41) is 6.80. The molecule has 0 aliphatic carbocycles. The van der Waals surface area contributed by atoms with Gasteiger partial charge in [0.15, 0.2) is 5.96 Å². The molecule has 0 saturated heterocycles. The number of aryl methyl sites for hydroxylation is 2. The van der Waals surface area contributed by atoms with E-state index in [0.29, 0.717) is 0 Å². The maximum absolute atomic E-state index is 4.32. The van der Waals surface area contributed by atoms with E-state index in [1.807, 2.05) is 26.4 Å². The van der Waals surface area contributed by atoms with Gasteiger partial charge in [0.1, 0.15) is 5.82 Å². The number of imidazole rings is 1. The summed E-state index contributed by atoms with van der Waals surface area (Å²) in [5.41, 5.74) is 3.88. The van der Waals surface area contributed by atoms with E-state index in [2.05, 4.69) is 79.8 Å². The third-order valence-electron chi connectivity index (χ3n) is 4.73. The molecule has 0 unspecified atom stereocenters. The average Bonchev–Trinajstić information content (AvgIpc) is 3.13. The minimum Gasteiger partial charge on any atom is -0.356 e. The van der Waals surface area contributed by atoms with Crippen molar-refractivity contribution in [1.82, 2.24) is 20.2 Å². The Hall–Kier alpha value is -2.35. The molecule has 5 nitrogen and oxygen atoms in total. The molecule has 0 spiro atoms. The van der Waals surface area contributed by atoms with Crippen LogP contribution in [0.3, 0.4) is 0 Å². The van der Waals surface area contributed by atoms with Gasteiger partial charge in [0, 0.05) is 39.1 Å². The summed E-state index contributed by atoms with van der Waals surface area (Å²) in [6, 6.07) is 19.2. The number of aromatic nitrogens is 2. The molecule has 0 radical (unpaired) electrons. The Morgan fingerprint density at radius 2 is 1.76 bits per heavy atom. The normalized spacial score (nSPS) is 11.0. The van der Waals surface area contributed by atoms with E-state index in [1.54, 1.807) is 0 Å². The van der Waals surface area contributed by atoms with Crippen LogP contribution in [0.25, 0.3) is 0 Å². The fourth-order valence-corrected chi connectivity index (χ4v) is 3.16. The van der Waals surface area contributed by atoms with Crippen molar-refractivity contribution in [3.05, 3.63) is 89.5 Å². The molecule has 1 heterocycles. The second-order valence-corrected chi connectivity index (χ2v) is 6.86. The van der Waals surface area contributed by atoms with E-state index < -0.39 is 0 Å². The molecule has 1 aromatic heterocycles. The Morgan fingerprint density at radius 3 is 2.48 bits per heavy atom. The van der Waals surface area contributed by atoms with Gasteiger partial charge in [-0.1, -0.05) is 54.6 Å². The van der Waals surface area contributed by atoms with Gasteiger partial charge in [0.25, 0.3) is 0 Å². The van der Waals surface area contributed by atoms with Crippen molar-refractivity contribution in [3.8, 4) is 0 Å². The molecule has 3 aromatic rings. The van der Waals surface area contributed by atoms with Crippen LogP contribution in [0.2, 0.25) is 0 Å². The molecule has 0 amide bonds. The summed E-state index contributed by atoms with van der Waals surface area (Å²) >= 11 is 0. The Balaban J connectivity index is 0.00000300. The summed E-state index contributed by atoms with van der Waals surface area (Å²) in [6.07, 6.45) is 6.00. The van der Waals surface area contributed by atoms with E-state index in [4.69, 9.17) is 0 Å². The summed E-state index contributed by atoms with van der Waals surface area (Å²) in [6.45, 7) is 4.51. The molecule has 6 heteroatoms. The van der Waals surface area contributed by atoms with Crippen LogP contribution in [0.4, 0.5) is 0 Å². The molecule has 0 atom stereocenters. The highest BCUT2D eigenvalue weighted by Gasteiger charge is 2.02. The lowest BCUT2D eigenvalue weighted by Gasteiger charge is -2.13. The molecular formula is C23H30IN5. The molecule has 0 aliphatic heterocycles. The van der Waals surface area contributed by atoms with Crippen LogP contribution in [0.5, 0.6) is 0 Å². The topological polar surface area (TPSA) is 54.2 Å². The van der Waals surface area contributed by atoms with Crippen LogP contribution >= 0.6 is 24.0 Å².